The summed E-state index contributed by atoms with van der Waals surface area (Å²) >= 11 is 5.96. The van der Waals surface area contributed by atoms with Gasteiger partial charge in [0.25, 0.3) is 0 Å². The summed E-state index contributed by atoms with van der Waals surface area (Å²) in [6.07, 6.45) is 2.59. The number of aromatic nitrogens is 2. The number of allylic oxidation sites excluding steroid dienone is 1. The lowest BCUT2D eigenvalue weighted by Gasteiger charge is -2.00. The number of rotatable bonds is 2. The van der Waals surface area contributed by atoms with Crippen molar-refractivity contribution >= 4 is 29.3 Å². The van der Waals surface area contributed by atoms with Gasteiger partial charge in [0.15, 0.2) is 11.5 Å². The topological polar surface area (TPSA) is 87.3 Å². The van der Waals surface area contributed by atoms with Gasteiger partial charge in [-0.2, -0.15) is 0 Å². The standard InChI is InChI=1S/C13H8ClN3O4/c1-16-6-15-13(17(19)20)9(16)5-10-11(18)7-3-2-4-8(14)12(7)21-10/h2-6H,1H3/b10-5-. The lowest BCUT2D eigenvalue weighted by atomic mass is 10.1. The summed E-state index contributed by atoms with van der Waals surface area (Å²) in [5, 5.41) is 11.2. The van der Waals surface area contributed by atoms with E-state index in [0.717, 1.165) is 0 Å². The van der Waals surface area contributed by atoms with Crippen molar-refractivity contribution in [3.8, 4) is 5.75 Å². The molecule has 0 atom stereocenters. The highest BCUT2D eigenvalue weighted by atomic mass is 35.5. The van der Waals surface area contributed by atoms with Gasteiger partial charge in [0.05, 0.1) is 10.6 Å². The van der Waals surface area contributed by atoms with Crippen molar-refractivity contribution < 1.29 is 14.5 Å². The number of Topliss-reactive ketones (excluding diaryl/α,β-unsaturated/α-hetero) is 1. The maximum atomic E-state index is 12.2. The monoisotopic (exact) mass is 305 g/mol. The maximum absolute atomic E-state index is 12.2. The largest absolute Gasteiger partial charge is 0.451 e. The zero-order chi connectivity index (χ0) is 15.1. The minimum atomic E-state index is -0.619. The second-order valence-corrected chi connectivity index (χ2v) is 4.78. The molecule has 2 aromatic rings. The molecule has 0 spiro atoms. The summed E-state index contributed by atoms with van der Waals surface area (Å²) in [6, 6.07) is 4.82. The smallest absolute Gasteiger partial charge is 0.389 e. The van der Waals surface area contributed by atoms with Gasteiger partial charge in [0.2, 0.25) is 12.1 Å². The summed E-state index contributed by atoms with van der Waals surface area (Å²) in [6.45, 7) is 0. The van der Waals surface area contributed by atoms with Crippen molar-refractivity contribution in [2.45, 2.75) is 0 Å². The van der Waals surface area contributed by atoms with Gasteiger partial charge in [0.1, 0.15) is 5.69 Å². The van der Waals surface area contributed by atoms with E-state index in [0.29, 0.717) is 10.6 Å². The highest BCUT2D eigenvalue weighted by Gasteiger charge is 2.30. The van der Waals surface area contributed by atoms with Gasteiger partial charge in [-0.1, -0.05) is 17.7 Å². The molecule has 3 rings (SSSR count). The lowest BCUT2D eigenvalue weighted by Crippen LogP contribution is -2.01. The van der Waals surface area contributed by atoms with Crippen molar-refractivity contribution in [3.05, 3.63) is 56.7 Å². The number of aryl methyl sites for hydroxylation is 1. The van der Waals surface area contributed by atoms with E-state index in [1.165, 1.54) is 17.0 Å². The van der Waals surface area contributed by atoms with E-state index < -0.39 is 4.92 Å². The summed E-state index contributed by atoms with van der Waals surface area (Å²) in [7, 11) is 1.59. The predicted molar refractivity (Wildman–Crippen MR) is 74.2 cm³/mol. The average molecular weight is 306 g/mol. The number of nitrogens with zero attached hydrogens (tertiary/aromatic N) is 3. The van der Waals surface area contributed by atoms with E-state index in [-0.39, 0.29) is 28.8 Å². The van der Waals surface area contributed by atoms with E-state index in [4.69, 9.17) is 16.3 Å². The molecular formula is C13H8ClN3O4. The SMILES string of the molecule is Cn1cnc([N+](=O)[O-])c1/C=C1\Oc2c(Cl)cccc2C1=O. The molecule has 0 aliphatic carbocycles. The van der Waals surface area contributed by atoms with E-state index in [1.54, 1.807) is 25.2 Å². The van der Waals surface area contributed by atoms with Crippen LogP contribution in [0.3, 0.4) is 0 Å². The van der Waals surface area contributed by atoms with Crippen LogP contribution >= 0.6 is 11.6 Å². The third kappa shape index (κ3) is 2.07. The second-order valence-electron chi connectivity index (χ2n) is 4.38. The number of para-hydroxylation sites is 1. The molecule has 0 saturated heterocycles. The fourth-order valence-electron chi connectivity index (χ4n) is 2.03. The van der Waals surface area contributed by atoms with Gasteiger partial charge >= 0.3 is 5.82 Å². The van der Waals surface area contributed by atoms with Crippen LogP contribution in [0.2, 0.25) is 5.02 Å². The number of hydrogen-bond donors (Lipinski definition) is 0. The van der Waals surface area contributed by atoms with Crippen LogP contribution in [0.1, 0.15) is 16.1 Å². The molecule has 0 bridgehead atoms. The zero-order valence-electron chi connectivity index (χ0n) is 10.7. The Morgan fingerprint density at radius 2 is 2.24 bits per heavy atom. The molecule has 0 saturated carbocycles. The van der Waals surface area contributed by atoms with Gasteiger partial charge in [0, 0.05) is 13.1 Å². The Bertz CT molecular complexity index is 810. The fourth-order valence-corrected chi connectivity index (χ4v) is 2.25. The molecule has 0 amide bonds. The van der Waals surface area contributed by atoms with Crippen LogP contribution in [-0.2, 0) is 7.05 Å². The third-order valence-electron chi connectivity index (χ3n) is 3.05. The van der Waals surface area contributed by atoms with Crippen LogP contribution in [0.15, 0.2) is 30.3 Å². The Labute approximate surface area is 123 Å². The molecule has 0 fully saturated rings. The highest BCUT2D eigenvalue weighted by molar-refractivity contribution is 6.33. The molecule has 0 unspecified atom stereocenters. The number of imidazole rings is 1. The molecular weight excluding hydrogens is 298 g/mol. The number of hydrogen-bond acceptors (Lipinski definition) is 5. The molecule has 7 nitrogen and oxygen atoms in total. The first-order chi connectivity index (χ1) is 9.99. The van der Waals surface area contributed by atoms with Crippen LogP contribution in [-0.4, -0.2) is 20.3 Å². The Kier molecular flexibility index (Phi) is 2.99. The van der Waals surface area contributed by atoms with Crippen molar-refractivity contribution in [1.82, 2.24) is 9.55 Å². The predicted octanol–water partition coefficient (Wildman–Crippen LogP) is 2.60. The third-order valence-corrected chi connectivity index (χ3v) is 3.35. The van der Waals surface area contributed by atoms with Gasteiger partial charge < -0.3 is 19.4 Å². The number of benzene rings is 1. The minimum absolute atomic E-state index is 0.0233. The van der Waals surface area contributed by atoms with Gasteiger partial charge in [-0.15, -0.1) is 0 Å². The fraction of sp³-hybridized carbons (Fsp3) is 0.0769. The van der Waals surface area contributed by atoms with Crippen LogP contribution in [0, 0.1) is 10.1 Å². The first kappa shape index (κ1) is 13.3. The van der Waals surface area contributed by atoms with Gasteiger partial charge in [-0.05, 0) is 22.0 Å². The minimum Gasteiger partial charge on any atom is -0.451 e. The molecule has 0 radical (unpaired) electrons. The van der Waals surface area contributed by atoms with Gasteiger partial charge in [-0.25, -0.2) is 0 Å². The number of halogens is 1. The van der Waals surface area contributed by atoms with E-state index in [9.17, 15) is 14.9 Å². The van der Waals surface area contributed by atoms with E-state index >= 15 is 0 Å². The maximum Gasteiger partial charge on any atom is 0.389 e. The number of carbonyl (C=O) groups is 1. The van der Waals surface area contributed by atoms with Crippen molar-refractivity contribution in [2.75, 3.05) is 0 Å². The first-order valence-corrected chi connectivity index (χ1v) is 6.25. The lowest BCUT2D eigenvalue weighted by molar-refractivity contribution is -0.389. The molecule has 106 valence electrons. The van der Waals surface area contributed by atoms with Gasteiger partial charge in [-0.3, -0.25) is 4.79 Å². The Morgan fingerprint density at radius 1 is 1.48 bits per heavy atom. The highest BCUT2D eigenvalue weighted by Crippen LogP contribution is 2.38. The second kappa shape index (κ2) is 4.71. The number of ether oxygens (including phenoxy) is 1. The Hall–Kier alpha value is -2.67. The van der Waals surface area contributed by atoms with Crippen molar-refractivity contribution in [3.63, 3.8) is 0 Å². The molecule has 2 heterocycles. The molecule has 1 aromatic carbocycles. The van der Waals surface area contributed by atoms with Crippen molar-refractivity contribution in [2.24, 2.45) is 7.05 Å². The quantitative estimate of drug-likeness (QED) is 0.483. The van der Waals surface area contributed by atoms with E-state index in [2.05, 4.69) is 4.98 Å². The van der Waals surface area contributed by atoms with Crippen molar-refractivity contribution in [1.29, 1.82) is 0 Å². The normalized spacial score (nSPS) is 15.1. The number of ketones is 1. The molecule has 1 aromatic heterocycles. The Balaban J connectivity index is 2.08. The number of nitro groups is 1. The van der Waals surface area contributed by atoms with Crippen LogP contribution in [0.4, 0.5) is 5.82 Å². The summed E-state index contributed by atoms with van der Waals surface area (Å²) in [5.41, 5.74) is 0.505. The van der Waals surface area contributed by atoms with Crippen LogP contribution in [0.5, 0.6) is 5.75 Å². The molecule has 21 heavy (non-hydrogen) atoms. The summed E-state index contributed by atoms with van der Waals surface area (Å²) in [4.78, 5) is 26.2. The van der Waals surface area contributed by atoms with Crippen LogP contribution < -0.4 is 4.74 Å². The number of carbonyl (C=O) groups excluding carboxylic acids is 1. The molecule has 1 aliphatic heterocycles. The molecule has 0 N–H and O–H groups in total. The van der Waals surface area contributed by atoms with E-state index in [1.807, 2.05) is 0 Å². The Morgan fingerprint density at radius 3 is 2.90 bits per heavy atom. The number of fused-ring (bicyclic) bond motifs is 1. The molecule has 1 aliphatic rings. The molecule has 8 heteroatoms. The summed E-state index contributed by atoms with van der Waals surface area (Å²) < 4.78 is 6.87. The zero-order valence-corrected chi connectivity index (χ0v) is 11.5. The van der Waals surface area contributed by atoms with Crippen LogP contribution in [0.25, 0.3) is 6.08 Å². The first-order valence-electron chi connectivity index (χ1n) is 5.87. The summed E-state index contributed by atoms with van der Waals surface area (Å²) in [5.74, 6) is -0.475. The average Bonchev–Trinajstić information content (AvgIpc) is 2.95.